The molecular weight excluding hydrogens is 306 g/mol. The molecule has 0 saturated heterocycles. The highest BCUT2D eigenvalue weighted by Gasteiger charge is 2.10. The van der Waals surface area contributed by atoms with Crippen molar-refractivity contribution in [3.05, 3.63) is 59.2 Å². The number of nitrogens with one attached hydrogen (secondary N) is 1. The van der Waals surface area contributed by atoms with Crippen molar-refractivity contribution in [3.8, 4) is 11.5 Å². The summed E-state index contributed by atoms with van der Waals surface area (Å²) in [6.07, 6.45) is 0.234. The summed E-state index contributed by atoms with van der Waals surface area (Å²) in [7, 11) is 4.85. The molecule has 24 heavy (non-hydrogen) atoms. The molecule has 0 bridgehead atoms. The Morgan fingerprint density at radius 1 is 1.00 bits per heavy atom. The van der Waals surface area contributed by atoms with Crippen LogP contribution in [0, 0.1) is 0 Å². The van der Waals surface area contributed by atoms with Crippen molar-refractivity contribution in [2.45, 2.75) is 19.6 Å². The van der Waals surface area contributed by atoms with Gasteiger partial charge in [0.1, 0.15) is 11.5 Å². The van der Waals surface area contributed by atoms with E-state index in [0.29, 0.717) is 24.7 Å². The quantitative estimate of drug-likeness (QED) is 0.809. The van der Waals surface area contributed by atoms with Crippen LogP contribution in [0.25, 0.3) is 0 Å². The average molecular weight is 329 g/mol. The molecule has 2 aromatic rings. The first-order chi connectivity index (χ1) is 11.7. The molecule has 0 heterocycles. The minimum Gasteiger partial charge on any atom is -0.497 e. The van der Waals surface area contributed by atoms with E-state index in [2.05, 4.69) is 5.32 Å². The van der Waals surface area contributed by atoms with Gasteiger partial charge in [-0.05, 0) is 29.3 Å². The van der Waals surface area contributed by atoms with Gasteiger partial charge in [0.25, 0.3) is 0 Å². The number of carbonyl (C=O) groups excluding carboxylic acids is 1. The van der Waals surface area contributed by atoms with E-state index < -0.39 is 0 Å². The van der Waals surface area contributed by atoms with Crippen molar-refractivity contribution in [3.63, 3.8) is 0 Å². The van der Waals surface area contributed by atoms with Crippen LogP contribution in [0.3, 0.4) is 0 Å². The Kier molecular flexibility index (Phi) is 6.63. The molecule has 128 valence electrons. The molecule has 0 atom stereocenters. The zero-order valence-electron chi connectivity index (χ0n) is 14.3. The lowest BCUT2D eigenvalue weighted by Gasteiger charge is -2.11. The number of methoxy groups -OCH3 is 3. The fourth-order valence-corrected chi connectivity index (χ4v) is 2.45. The monoisotopic (exact) mass is 329 g/mol. The van der Waals surface area contributed by atoms with Gasteiger partial charge < -0.3 is 19.5 Å². The molecule has 0 aliphatic rings. The Bertz CT molecular complexity index is 685. The number of carbonyl (C=O) groups is 1. The third-order valence-corrected chi connectivity index (χ3v) is 3.63. The van der Waals surface area contributed by atoms with Gasteiger partial charge in [0.2, 0.25) is 5.91 Å². The predicted molar refractivity (Wildman–Crippen MR) is 92.3 cm³/mol. The summed E-state index contributed by atoms with van der Waals surface area (Å²) in [6.45, 7) is 1.03. The Morgan fingerprint density at radius 3 is 2.50 bits per heavy atom. The highest BCUT2D eigenvalue weighted by molar-refractivity contribution is 5.79. The van der Waals surface area contributed by atoms with Gasteiger partial charge in [0.15, 0.2) is 0 Å². The largest absolute Gasteiger partial charge is 0.497 e. The van der Waals surface area contributed by atoms with Crippen molar-refractivity contribution >= 4 is 5.91 Å². The molecule has 0 saturated carbocycles. The smallest absolute Gasteiger partial charge is 0.224 e. The third-order valence-electron chi connectivity index (χ3n) is 3.63. The molecule has 0 unspecified atom stereocenters. The first kappa shape index (κ1) is 17.8. The van der Waals surface area contributed by atoms with Gasteiger partial charge in [-0.25, -0.2) is 0 Å². The highest BCUT2D eigenvalue weighted by atomic mass is 16.5. The number of hydrogen-bond acceptors (Lipinski definition) is 4. The van der Waals surface area contributed by atoms with E-state index >= 15 is 0 Å². The first-order valence-corrected chi connectivity index (χ1v) is 7.70. The second-order valence-electron chi connectivity index (χ2n) is 5.38. The van der Waals surface area contributed by atoms with E-state index in [1.165, 1.54) is 0 Å². The second kappa shape index (κ2) is 8.93. The summed E-state index contributed by atoms with van der Waals surface area (Å²) in [4.78, 5) is 12.2. The maximum atomic E-state index is 12.2. The molecule has 5 heteroatoms. The van der Waals surface area contributed by atoms with Crippen LogP contribution in [0.5, 0.6) is 11.5 Å². The summed E-state index contributed by atoms with van der Waals surface area (Å²) >= 11 is 0. The summed E-state index contributed by atoms with van der Waals surface area (Å²) in [5.41, 5.74) is 2.91. The van der Waals surface area contributed by atoms with E-state index in [0.717, 1.165) is 16.7 Å². The predicted octanol–water partition coefficient (Wildman–Crippen LogP) is 2.71. The van der Waals surface area contributed by atoms with Crippen LogP contribution in [0.4, 0.5) is 0 Å². The number of hydrogen-bond donors (Lipinski definition) is 1. The molecule has 0 aliphatic heterocycles. The van der Waals surface area contributed by atoms with Crippen molar-refractivity contribution < 1.29 is 19.0 Å². The van der Waals surface area contributed by atoms with Crippen molar-refractivity contribution in [1.82, 2.24) is 5.32 Å². The average Bonchev–Trinajstić information content (AvgIpc) is 2.60. The van der Waals surface area contributed by atoms with Crippen LogP contribution >= 0.6 is 0 Å². The second-order valence-corrected chi connectivity index (χ2v) is 5.38. The van der Waals surface area contributed by atoms with Crippen molar-refractivity contribution in [2.24, 2.45) is 0 Å². The van der Waals surface area contributed by atoms with Gasteiger partial charge in [-0.3, -0.25) is 4.79 Å². The summed E-state index contributed by atoms with van der Waals surface area (Å²) < 4.78 is 15.6. The minimum atomic E-state index is -0.0707. The molecule has 0 fully saturated rings. The fourth-order valence-electron chi connectivity index (χ4n) is 2.45. The van der Waals surface area contributed by atoms with Gasteiger partial charge >= 0.3 is 0 Å². The van der Waals surface area contributed by atoms with Gasteiger partial charge in [0, 0.05) is 19.2 Å². The summed E-state index contributed by atoms with van der Waals surface area (Å²) in [5, 5.41) is 2.93. The number of benzene rings is 2. The van der Waals surface area contributed by atoms with Crippen LogP contribution < -0.4 is 14.8 Å². The normalized spacial score (nSPS) is 10.3. The van der Waals surface area contributed by atoms with Crippen LogP contribution in [0.15, 0.2) is 42.5 Å². The lowest BCUT2D eigenvalue weighted by molar-refractivity contribution is -0.120. The van der Waals surface area contributed by atoms with E-state index in [9.17, 15) is 4.79 Å². The lowest BCUT2D eigenvalue weighted by Crippen LogP contribution is -2.24. The standard InChI is InChI=1S/C19H23NO4/c1-22-13-15-6-4-5-14(9-15)12-20-19(21)11-16-10-17(23-2)7-8-18(16)24-3/h4-10H,11-13H2,1-3H3,(H,20,21). The van der Waals surface area contributed by atoms with E-state index in [4.69, 9.17) is 14.2 Å². The molecule has 5 nitrogen and oxygen atoms in total. The number of amides is 1. The zero-order chi connectivity index (χ0) is 17.4. The Labute approximate surface area is 142 Å². The van der Waals surface area contributed by atoms with Crippen LogP contribution in [-0.2, 0) is 29.1 Å². The molecular formula is C19H23NO4. The minimum absolute atomic E-state index is 0.0707. The summed E-state index contributed by atoms with van der Waals surface area (Å²) in [6, 6.07) is 13.4. The molecule has 0 radical (unpaired) electrons. The van der Waals surface area contributed by atoms with Crippen LogP contribution in [-0.4, -0.2) is 27.2 Å². The lowest BCUT2D eigenvalue weighted by atomic mass is 10.1. The topological polar surface area (TPSA) is 56.8 Å². The molecule has 1 amide bonds. The third kappa shape index (κ3) is 4.99. The Balaban J connectivity index is 1.97. The van der Waals surface area contributed by atoms with Crippen molar-refractivity contribution in [2.75, 3.05) is 21.3 Å². The molecule has 2 aromatic carbocycles. The zero-order valence-corrected chi connectivity index (χ0v) is 14.3. The van der Waals surface area contributed by atoms with Crippen molar-refractivity contribution in [1.29, 1.82) is 0 Å². The number of rotatable bonds is 8. The molecule has 1 N–H and O–H groups in total. The Morgan fingerprint density at radius 2 is 1.79 bits per heavy atom. The first-order valence-electron chi connectivity index (χ1n) is 7.70. The molecule has 2 rings (SSSR count). The fraction of sp³-hybridized carbons (Fsp3) is 0.316. The van der Waals surface area contributed by atoms with E-state index in [-0.39, 0.29) is 12.3 Å². The maximum absolute atomic E-state index is 12.2. The van der Waals surface area contributed by atoms with Gasteiger partial charge in [-0.2, -0.15) is 0 Å². The highest BCUT2D eigenvalue weighted by Crippen LogP contribution is 2.24. The molecule has 0 spiro atoms. The molecule has 0 aromatic heterocycles. The van der Waals surface area contributed by atoms with Crippen LogP contribution in [0.1, 0.15) is 16.7 Å². The van der Waals surface area contributed by atoms with Gasteiger partial charge in [-0.15, -0.1) is 0 Å². The van der Waals surface area contributed by atoms with E-state index in [1.54, 1.807) is 27.4 Å². The SMILES string of the molecule is COCc1cccc(CNC(=O)Cc2cc(OC)ccc2OC)c1. The van der Waals surface area contributed by atoms with E-state index in [1.807, 2.05) is 36.4 Å². The molecule has 0 aliphatic carbocycles. The van der Waals surface area contributed by atoms with Gasteiger partial charge in [0.05, 0.1) is 27.2 Å². The van der Waals surface area contributed by atoms with Gasteiger partial charge in [-0.1, -0.05) is 24.3 Å². The van der Waals surface area contributed by atoms with Crippen LogP contribution in [0.2, 0.25) is 0 Å². The number of ether oxygens (including phenoxy) is 3. The summed E-state index contributed by atoms with van der Waals surface area (Å²) in [5.74, 6) is 1.30. The maximum Gasteiger partial charge on any atom is 0.224 e. The Hall–Kier alpha value is -2.53.